The Balaban J connectivity index is 2.59. The van der Waals surface area contributed by atoms with Crippen molar-refractivity contribution in [2.75, 3.05) is 16.8 Å². The van der Waals surface area contributed by atoms with Crippen LogP contribution in [0, 0.1) is 0 Å². The van der Waals surface area contributed by atoms with E-state index in [9.17, 15) is 4.79 Å². The number of thioether (sulfide) groups is 1. The number of aromatic nitrogens is 1. The number of oxazole rings is 1. The van der Waals surface area contributed by atoms with Crippen molar-refractivity contribution in [2.45, 2.75) is 72.8 Å². The first kappa shape index (κ1) is 27.8. The molecule has 1 unspecified atom stereocenters. The maximum atomic E-state index is 11.9. The van der Waals surface area contributed by atoms with Gasteiger partial charge in [0.15, 0.2) is 0 Å². The number of hydroxylamine groups is 1. The van der Waals surface area contributed by atoms with Crippen molar-refractivity contribution in [3.8, 4) is 0 Å². The molecule has 0 aliphatic carbocycles. The summed E-state index contributed by atoms with van der Waals surface area (Å²) in [5, 5.41) is 11.9. The van der Waals surface area contributed by atoms with Crippen LogP contribution in [0.3, 0.4) is 0 Å². The average molecular weight is 462 g/mol. The zero-order valence-electron chi connectivity index (χ0n) is 20.1. The molecular formula is C25H39N3O3S. The topological polar surface area (TPSA) is 87.4 Å². The molecular weight excluding hydrogens is 422 g/mol. The summed E-state index contributed by atoms with van der Waals surface area (Å²) in [6.45, 7) is 10.7. The molecule has 1 aromatic heterocycles. The lowest BCUT2D eigenvalue weighted by Gasteiger charge is -2.14. The highest BCUT2D eigenvalue weighted by molar-refractivity contribution is 7.99. The Morgan fingerprint density at radius 1 is 1.09 bits per heavy atom. The average Bonchev–Trinajstić information content (AvgIpc) is 3.25. The number of carbonyl (C=O) groups is 1. The Hall–Kier alpha value is -2.25. The Bertz CT molecular complexity index is 787. The minimum Gasteiger partial charge on any atom is -0.432 e. The molecule has 178 valence electrons. The number of rotatable bonds is 15. The molecule has 1 aromatic rings. The molecule has 0 spiro atoms. The molecule has 0 radical (unpaired) electrons. The van der Waals surface area contributed by atoms with Crippen molar-refractivity contribution in [1.82, 2.24) is 10.5 Å². The summed E-state index contributed by atoms with van der Waals surface area (Å²) in [7, 11) is 0. The van der Waals surface area contributed by atoms with Gasteiger partial charge in [0.05, 0.1) is 6.20 Å². The first-order valence-corrected chi connectivity index (χ1v) is 12.2. The third-order valence-corrected chi connectivity index (χ3v) is 5.72. The summed E-state index contributed by atoms with van der Waals surface area (Å²) < 4.78 is 5.14. The van der Waals surface area contributed by atoms with Crippen molar-refractivity contribution in [3.63, 3.8) is 0 Å². The molecule has 6 nitrogen and oxygen atoms in total. The molecule has 0 aliphatic heterocycles. The van der Waals surface area contributed by atoms with Crippen molar-refractivity contribution >= 4 is 23.7 Å². The fourth-order valence-electron chi connectivity index (χ4n) is 2.88. The Morgan fingerprint density at radius 3 is 2.44 bits per heavy atom. The molecule has 1 atom stereocenters. The van der Waals surface area contributed by atoms with Gasteiger partial charge in [-0.05, 0) is 66.7 Å². The number of amides is 1. The van der Waals surface area contributed by atoms with E-state index in [1.54, 1.807) is 17.2 Å². The van der Waals surface area contributed by atoms with E-state index in [4.69, 9.17) is 9.62 Å². The quantitative estimate of drug-likeness (QED) is 0.120. The molecule has 1 amide bonds. The molecule has 1 rings (SSSR count). The van der Waals surface area contributed by atoms with E-state index in [2.05, 4.69) is 69.2 Å². The molecule has 3 N–H and O–H groups in total. The lowest BCUT2D eigenvalue weighted by molar-refractivity contribution is -0.129. The number of anilines is 1. The maximum absolute atomic E-state index is 11.9. The van der Waals surface area contributed by atoms with Gasteiger partial charge in [0.25, 0.3) is 11.9 Å². The van der Waals surface area contributed by atoms with Crippen LogP contribution in [0.2, 0.25) is 0 Å². The summed E-state index contributed by atoms with van der Waals surface area (Å²) in [5.41, 5.74) is 7.22. The predicted octanol–water partition coefficient (Wildman–Crippen LogP) is 6.45. The van der Waals surface area contributed by atoms with Crippen LogP contribution in [0.4, 0.5) is 6.01 Å². The van der Waals surface area contributed by atoms with Crippen LogP contribution in [0.15, 0.2) is 63.5 Å². The normalized spacial score (nSPS) is 12.8. The summed E-state index contributed by atoms with van der Waals surface area (Å²) in [4.78, 5) is 15.9. The minimum atomic E-state index is -0.635. The van der Waals surface area contributed by atoms with Gasteiger partial charge >= 0.3 is 0 Å². The molecule has 0 aromatic carbocycles. The highest BCUT2D eigenvalue weighted by Crippen LogP contribution is 2.18. The predicted molar refractivity (Wildman–Crippen MR) is 135 cm³/mol. The van der Waals surface area contributed by atoms with Gasteiger partial charge in [-0.25, -0.2) is 10.5 Å². The van der Waals surface area contributed by atoms with Gasteiger partial charge in [-0.3, -0.25) is 10.0 Å². The minimum absolute atomic E-state index is 0.255. The molecule has 0 fully saturated rings. The SMILES string of the molecule is CC(C)=CCCC(C)=CCCC(=CCSCC(Nc1ncco1)C(=O)NO)CC=C(C)C. The van der Waals surface area contributed by atoms with E-state index < -0.39 is 11.9 Å². The molecule has 0 saturated heterocycles. The third-order valence-electron chi connectivity index (χ3n) is 4.75. The second-order valence-corrected chi connectivity index (χ2v) is 9.38. The van der Waals surface area contributed by atoms with E-state index in [1.165, 1.54) is 34.8 Å². The smallest absolute Gasteiger partial charge is 0.295 e. The third kappa shape index (κ3) is 13.2. The van der Waals surface area contributed by atoms with E-state index in [1.807, 2.05) is 0 Å². The Morgan fingerprint density at radius 2 is 1.81 bits per heavy atom. The number of carbonyl (C=O) groups excluding carboxylic acids is 1. The van der Waals surface area contributed by atoms with E-state index in [0.717, 1.165) is 37.9 Å². The van der Waals surface area contributed by atoms with Crippen LogP contribution < -0.4 is 10.8 Å². The molecule has 0 bridgehead atoms. The molecule has 32 heavy (non-hydrogen) atoms. The van der Waals surface area contributed by atoms with Crippen molar-refractivity contribution in [3.05, 3.63) is 59.1 Å². The molecule has 7 heteroatoms. The number of nitrogens with zero attached hydrogens (tertiary/aromatic N) is 1. The fraction of sp³-hybridized carbons (Fsp3) is 0.520. The summed E-state index contributed by atoms with van der Waals surface area (Å²) in [5.74, 6) is 0.751. The van der Waals surface area contributed by atoms with Gasteiger partial charge in [-0.15, -0.1) is 0 Å². The van der Waals surface area contributed by atoms with Gasteiger partial charge in [0.2, 0.25) is 0 Å². The van der Waals surface area contributed by atoms with Gasteiger partial charge < -0.3 is 9.73 Å². The number of nitrogens with one attached hydrogen (secondary N) is 2. The van der Waals surface area contributed by atoms with Crippen molar-refractivity contribution in [1.29, 1.82) is 0 Å². The number of hydrogen-bond donors (Lipinski definition) is 3. The van der Waals surface area contributed by atoms with Gasteiger partial charge in [0, 0.05) is 11.5 Å². The number of hydrogen-bond acceptors (Lipinski definition) is 6. The van der Waals surface area contributed by atoms with Gasteiger partial charge in [-0.1, -0.05) is 46.6 Å². The zero-order valence-corrected chi connectivity index (χ0v) is 20.9. The largest absolute Gasteiger partial charge is 0.432 e. The number of allylic oxidation sites excluding steroid dienone is 7. The van der Waals surface area contributed by atoms with Crippen molar-refractivity contribution in [2.24, 2.45) is 0 Å². The van der Waals surface area contributed by atoms with E-state index in [0.29, 0.717) is 5.75 Å². The maximum Gasteiger partial charge on any atom is 0.295 e. The van der Waals surface area contributed by atoms with Gasteiger partial charge in [0.1, 0.15) is 12.3 Å². The fourth-order valence-corrected chi connectivity index (χ4v) is 3.84. The van der Waals surface area contributed by atoms with E-state index in [-0.39, 0.29) is 6.01 Å². The lowest BCUT2D eigenvalue weighted by atomic mass is 10.0. The molecule has 0 saturated carbocycles. The first-order chi connectivity index (χ1) is 15.3. The van der Waals surface area contributed by atoms with Gasteiger partial charge in [-0.2, -0.15) is 11.8 Å². The second-order valence-electron chi connectivity index (χ2n) is 8.30. The molecule has 0 aliphatic rings. The monoisotopic (exact) mass is 461 g/mol. The van der Waals surface area contributed by atoms with Crippen LogP contribution >= 0.6 is 11.8 Å². The summed E-state index contributed by atoms with van der Waals surface area (Å²) in [6.07, 6.45) is 17.3. The summed E-state index contributed by atoms with van der Waals surface area (Å²) in [6, 6.07) is -0.379. The second kappa shape index (κ2) is 16.4. The van der Waals surface area contributed by atoms with E-state index >= 15 is 0 Å². The van der Waals surface area contributed by atoms with Crippen LogP contribution in [0.25, 0.3) is 0 Å². The van der Waals surface area contributed by atoms with Crippen LogP contribution in [0.5, 0.6) is 0 Å². The Labute approximate surface area is 197 Å². The summed E-state index contributed by atoms with van der Waals surface area (Å²) >= 11 is 1.62. The Kier molecular flexibility index (Phi) is 14.2. The highest BCUT2D eigenvalue weighted by Gasteiger charge is 2.19. The van der Waals surface area contributed by atoms with Crippen LogP contribution in [-0.2, 0) is 4.79 Å². The first-order valence-electron chi connectivity index (χ1n) is 11.1. The van der Waals surface area contributed by atoms with Crippen molar-refractivity contribution < 1.29 is 14.4 Å². The molecule has 1 heterocycles. The van der Waals surface area contributed by atoms with Crippen LogP contribution in [0.1, 0.15) is 66.7 Å². The lowest BCUT2D eigenvalue weighted by Crippen LogP contribution is -2.40. The standard InChI is InChI=1S/C25H39N3O3S/c1-19(2)8-6-9-21(5)10-7-11-22(13-12-20(3)4)14-17-32-18-23(24(29)28-30)27-25-26-15-16-31-25/h8,10,12,14-16,23,30H,6-7,9,11,13,17-18H2,1-5H3,(H,26,27)(H,28,29). The van der Waals surface area contributed by atoms with Crippen LogP contribution in [-0.4, -0.2) is 33.6 Å². The zero-order chi connectivity index (χ0) is 23.8. The highest BCUT2D eigenvalue weighted by atomic mass is 32.2.